The van der Waals surface area contributed by atoms with Gasteiger partial charge in [0.15, 0.2) is 6.20 Å². The van der Waals surface area contributed by atoms with Gasteiger partial charge in [0.2, 0.25) is 0 Å². The Morgan fingerprint density at radius 2 is 1.62 bits per heavy atom. The number of hydrogen-bond acceptors (Lipinski definition) is 2. The molecule has 0 saturated carbocycles. The van der Waals surface area contributed by atoms with Crippen LogP contribution in [0.4, 0.5) is 13.2 Å². The Morgan fingerprint density at radius 3 is 2.38 bits per heavy atom. The molecule has 0 atom stereocenters. The van der Waals surface area contributed by atoms with Gasteiger partial charge in [0.05, 0.1) is 5.56 Å². The molecule has 0 N–H and O–H groups in total. The second-order valence-electron chi connectivity index (χ2n) is 5.71. The fourth-order valence-corrected chi connectivity index (χ4v) is 2.99. The van der Waals surface area contributed by atoms with Crippen molar-refractivity contribution < 1.29 is 17.9 Å². The number of aromatic nitrogens is 2. The third-order valence-electron chi connectivity index (χ3n) is 4.16. The van der Waals surface area contributed by atoms with E-state index in [4.69, 9.17) is 0 Å². The van der Waals surface area contributed by atoms with E-state index in [1.807, 2.05) is 0 Å². The van der Waals surface area contributed by atoms with E-state index in [0.29, 0.717) is 15.7 Å². The van der Waals surface area contributed by atoms with Gasteiger partial charge in [0.25, 0.3) is 5.69 Å². The summed E-state index contributed by atoms with van der Waals surface area (Å²) < 4.78 is 42.2. The zero-order valence-corrected chi connectivity index (χ0v) is 13.3. The SMILES string of the molecule is [O-][n+]1ccc2c(-c3ccc(F)cc3F)ccnc2c1-c1ccccc1F. The van der Waals surface area contributed by atoms with E-state index in [-0.39, 0.29) is 22.3 Å². The highest BCUT2D eigenvalue weighted by atomic mass is 19.1. The Kier molecular flexibility index (Phi) is 3.80. The molecule has 0 radical (unpaired) electrons. The van der Waals surface area contributed by atoms with Crippen LogP contribution in [0.5, 0.6) is 0 Å². The van der Waals surface area contributed by atoms with Crippen molar-refractivity contribution in [2.75, 3.05) is 0 Å². The maximum atomic E-state index is 14.2. The average molecular weight is 352 g/mol. The monoisotopic (exact) mass is 352 g/mol. The van der Waals surface area contributed by atoms with Gasteiger partial charge in [-0.3, -0.25) is 0 Å². The molecule has 2 heterocycles. The lowest BCUT2D eigenvalue weighted by Gasteiger charge is -2.11. The van der Waals surface area contributed by atoms with E-state index in [9.17, 15) is 18.4 Å². The fourth-order valence-electron chi connectivity index (χ4n) is 2.99. The molecule has 0 fully saturated rings. The Bertz CT molecular complexity index is 1150. The zero-order chi connectivity index (χ0) is 18.3. The minimum atomic E-state index is -0.733. The van der Waals surface area contributed by atoms with Gasteiger partial charge in [0, 0.05) is 29.3 Å². The molecule has 0 bridgehead atoms. The van der Waals surface area contributed by atoms with Crippen molar-refractivity contribution in [3.63, 3.8) is 0 Å². The van der Waals surface area contributed by atoms with E-state index in [1.54, 1.807) is 12.1 Å². The average Bonchev–Trinajstić information content (AvgIpc) is 2.62. The normalized spacial score (nSPS) is 11.0. The van der Waals surface area contributed by atoms with Crippen LogP contribution in [0.15, 0.2) is 67.0 Å². The molecule has 2 aromatic heterocycles. The van der Waals surface area contributed by atoms with Gasteiger partial charge in [-0.1, -0.05) is 12.1 Å². The van der Waals surface area contributed by atoms with Crippen LogP contribution in [0.1, 0.15) is 0 Å². The summed E-state index contributed by atoms with van der Waals surface area (Å²) in [6, 6.07) is 12.2. The molecule has 4 aromatic rings. The van der Waals surface area contributed by atoms with Crippen molar-refractivity contribution in [3.8, 4) is 22.4 Å². The molecule has 128 valence electrons. The van der Waals surface area contributed by atoms with E-state index >= 15 is 0 Å². The Labute approximate surface area is 146 Å². The van der Waals surface area contributed by atoms with Gasteiger partial charge in [-0.15, -0.1) is 0 Å². The minimum Gasteiger partial charge on any atom is -0.618 e. The van der Waals surface area contributed by atoms with Gasteiger partial charge in [-0.2, -0.15) is 4.73 Å². The van der Waals surface area contributed by atoms with Crippen molar-refractivity contribution in [2.45, 2.75) is 0 Å². The van der Waals surface area contributed by atoms with Crippen LogP contribution in [-0.2, 0) is 0 Å². The van der Waals surface area contributed by atoms with Crippen LogP contribution in [0.2, 0.25) is 0 Å². The van der Waals surface area contributed by atoms with Crippen molar-refractivity contribution in [2.24, 2.45) is 0 Å². The summed E-state index contributed by atoms with van der Waals surface area (Å²) in [5.74, 6) is -1.98. The van der Waals surface area contributed by atoms with E-state index in [1.165, 1.54) is 42.7 Å². The number of rotatable bonds is 2. The molecule has 0 saturated heterocycles. The van der Waals surface area contributed by atoms with Gasteiger partial charge < -0.3 is 5.21 Å². The third-order valence-corrected chi connectivity index (χ3v) is 4.16. The van der Waals surface area contributed by atoms with Gasteiger partial charge in [-0.25, -0.2) is 18.2 Å². The summed E-state index contributed by atoms with van der Waals surface area (Å²) in [5.41, 5.74) is 0.962. The molecule has 0 amide bonds. The molecular weight excluding hydrogens is 341 g/mol. The lowest BCUT2D eigenvalue weighted by atomic mass is 9.99. The van der Waals surface area contributed by atoms with Crippen LogP contribution < -0.4 is 4.73 Å². The number of benzene rings is 2. The van der Waals surface area contributed by atoms with Gasteiger partial charge in [-0.05, 0) is 35.9 Å². The van der Waals surface area contributed by atoms with Crippen LogP contribution in [0.25, 0.3) is 33.3 Å². The number of fused-ring (bicyclic) bond motifs is 1. The highest BCUT2D eigenvalue weighted by Crippen LogP contribution is 2.33. The predicted octanol–water partition coefficient (Wildman–Crippen LogP) is 4.62. The predicted molar refractivity (Wildman–Crippen MR) is 91.4 cm³/mol. The third kappa shape index (κ3) is 2.56. The summed E-state index contributed by atoms with van der Waals surface area (Å²) in [4.78, 5) is 4.21. The maximum Gasteiger partial charge on any atom is 0.253 e. The quantitative estimate of drug-likeness (QED) is 0.390. The molecule has 0 spiro atoms. The maximum absolute atomic E-state index is 14.2. The summed E-state index contributed by atoms with van der Waals surface area (Å²) in [5, 5.41) is 12.8. The molecule has 0 aliphatic rings. The molecule has 0 unspecified atom stereocenters. The number of pyridine rings is 2. The lowest BCUT2D eigenvalue weighted by molar-refractivity contribution is -0.592. The summed E-state index contributed by atoms with van der Waals surface area (Å²) in [7, 11) is 0. The van der Waals surface area contributed by atoms with Crippen molar-refractivity contribution >= 4 is 10.9 Å². The molecule has 26 heavy (non-hydrogen) atoms. The van der Waals surface area contributed by atoms with Crippen molar-refractivity contribution in [3.05, 3.63) is 89.6 Å². The first-order valence-corrected chi connectivity index (χ1v) is 7.77. The summed E-state index contributed by atoms with van der Waals surface area (Å²) in [6.45, 7) is 0. The van der Waals surface area contributed by atoms with Crippen LogP contribution in [0.3, 0.4) is 0 Å². The second kappa shape index (κ2) is 6.15. The summed E-state index contributed by atoms with van der Waals surface area (Å²) in [6.07, 6.45) is 2.63. The summed E-state index contributed by atoms with van der Waals surface area (Å²) >= 11 is 0. The Morgan fingerprint density at radius 1 is 0.808 bits per heavy atom. The second-order valence-corrected chi connectivity index (χ2v) is 5.71. The van der Waals surface area contributed by atoms with Crippen LogP contribution in [-0.4, -0.2) is 4.98 Å². The Balaban J connectivity index is 2.05. The van der Waals surface area contributed by atoms with Crippen LogP contribution in [0, 0.1) is 22.7 Å². The van der Waals surface area contributed by atoms with Crippen molar-refractivity contribution in [1.82, 2.24) is 4.98 Å². The zero-order valence-electron chi connectivity index (χ0n) is 13.3. The Hall–Kier alpha value is -3.41. The first-order chi connectivity index (χ1) is 12.6. The highest BCUT2D eigenvalue weighted by molar-refractivity contribution is 5.99. The molecule has 3 nitrogen and oxygen atoms in total. The van der Waals surface area contributed by atoms with Crippen LogP contribution >= 0.6 is 0 Å². The van der Waals surface area contributed by atoms with Gasteiger partial charge in [0.1, 0.15) is 23.0 Å². The lowest BCUT2D eigenvalue weighted by Crippen LogP contribution is -2.29. The largest absolute Gasteiger partial charge is 0.618 e. The molecule has 0 aliphatic carbocycles. The van der Waals surface area contributed by atoms with E-state index in [2.05, 4.69) is 4.98 Å². The molecular formula is C20H11F3N2O. The molecule has 6 heteroatoms. The first kappa shape index (κ1) is 16.1. The number of hydrogen-bond donors (Lipinski definition) is 0. The van der Waals surface area contributed by atoms with Gasteiger partial charge >= 0.3 is 0 Å². The smallest absolute Gasteiger partial charge is 0.253 e. The molecule has 2 aromatic carbocycles. The van der Waals surface area contributed by atoms with E-state index < -0.39 is 17.5 Å². The first-order valence-electron chi connectivity index (χ1n) is 7.77. The highest BCUT2D eigenvalue weighted by Gasteiger charge is 2.21. The number of halogens is 3. The fraction of sp³-hybridized carbons (Fsp3) is 0. The standard InChI is InChI=1S/C20H11F3N2O/c21-12-5-6-14(18(23)11-12)13-7-9-24-19-15(13)8-10-25(26)20(19)16-3-1-2-4-17(16)22/h1-11H. The van der Waals surface area contributed by atoms with Crippen molar-refractivity contribution in [1.29, 1.82) is 0 Å². The molecule has 4 rings (SSSR count). The minimum absolute atomic E-state index is 0.0324. The number of nitrogens with zero attached hydrogens (tertiary/aromatic N) is 2. The molecule has 0 aliphatic heterocycles. The topological polar surface area (TPSA) is 39.8 Å². The van der Waals surface area contributed by atoms with E-state index in [0.717, 1.165) is 12.1 Å².